The average Bonchev–Trinajstić information content (AvgIpc) is 2.92. The number of anilines is 1. The van der Waals surface area contributed by atoms with E-state index < -0.39 is 11.9 Å². The molecular weight excluding hydrogens is 311 g/mol. The van der Waals surface area contributed by atoms with Gasteiger partial charge in [-0.3, -0.25) is 0 Å². The standard InChI is InChI=1S/C14H18F3N5O/c1-13(2)7-21(5-4-10(13)23-3)11-6-9(14(15,16)17)20-12-18-8-19-22(11)12/h6,8,10H,4-5,7H2,1-3H3. The molecule has 0 aliphatic carbocycles. The molecule has 2 aromatic heterocycles. The van der Waals surface area contributed by atoms with Crippen molar-refractivity contribution in [2.45, 2.75) is 32.5 Å². The van der Waals surface area contributed by atoms with Crippen molar-refractivity contribution in [3.63, 3.8) is 0 Å². The molecule has 23 heavy (non-hydrogen) atoms. The number of hydrogen-bond donors (Lipinski definition) is 0. The maximum atomic E-state index is 13.1. The summed E-state index contributed by atoms with van der Waals surface area (Å²) in [6.45, 7) is 5.22. The third-order valence-corrected chi connectivity index (χ3v) is 4.26. The summed E-state index contributed by atoms with van der Waals surface area (Å²) in [7, 11) is 1.66. The van der Waals surface area contributed by atoms with E-state index in [9.17, 15) is 13.2 Å². The summed E-state index contributed by atoms with van der Waals surface area (Å²) in [5.41, 5.74) is -1.15. The van der Waals surface area contributed by atoms with E-state index in [0.717, 1.165) is 12.5 Å². The fourth-order valence-electron chi connectivity index (χ4n) is 3.14. The van der Waals surface area contributed by atoms with Crippen molar-refractivity contribution in [3.05, 3.63) is 18.1 Å². The molecule has 0 spiro atoms. The molecule has 3 rings (SSSR count). The molecule has 6 nitrogen and oxygen atoms in total. The normalized spacial score (nSPS) is 21.8. The lowest BCUT2D eigenvalue weighted by Crippen LogP contribution is -2.50. The van der Waals surface area contributed by atoms with E-state index >= 15 is 0 Å². The Hall–Kier alpha value is -1.90. The predicted molar refractivity (Wildman–Crippen MR) is 77.2 cm³/mol. The number of piperidine rings is 1. The molecule has 1 aliphatic heterocycles. The van der Waals surface area contributed by atoms with E-state index in [1.165, 1.54) is 10.8 Å². The van der Waals surface area contributed by atoms with Crippen LogP contribution in [0.25, 0.3) is 5.78 Å². The Balaban J connectivity index is 2.04. The summed E-state index contributed by atoms with van der Waals surface area (Å²) in [6, 6.07) is 1.03. The molecule has 126 valence electrons. The van der Waals surface area contributed by atoms with Gasteiger partial charge in [0.2, 0.25) is 0 Å². The Kier molecular flexibility index (Phi) is 3.70. The van der Waals surface area contributed by atoms with Gasteiger partial charge in [0.05, 0.1) is 6.10 Å². The van der Waals surface area contributed by atoms with Gasteiger partial charge in [-0.2, -0.15) is 27.8 Å². The van der Waals surface area contributed by atoms with Gasteiger partial charge in [-0.25, -0.2) is 4.98 Å². The third-order valence-electron chi connectivity index (χ3n) is 4.26. The van der Waals surface area contributed by atoms with Crippen LogP contribution in [-0.4, -0.2) is 45.9 Å². The maximum absolute atomic E-state index is 13.1. The summed E-state index contributed by atoms with van der Waals surface area (Å²) in [5, 5.41) is 4.01. The second kappa shape index (κ2) is 5.33. The van der Waals surface area contributed by atoms with Crippen LogP contribution in [0.1, 0.15) is 26.0 Å². The van der Waals surface area contributed by atoms with Crippen molar-refractivity contribution in [2.75, 3.05) is 25.1 Å². The van der Waals surface area contributed by atoms with Crippen LogP contribution < -0.4 is 4.90 Å². The van der Waals surface area contributed by atoms with E-state index in [1.54, 1.807) is 7.11 Å². The summed E-state index contributed by atoms with van der Waals surface area (Å²) < 4.78 is 46.1. The lowest BCUT2D eigenvalue weighted by molar-refractivity contribution is -0.141. The summed E-state index contributed by atoms with van der Waals surface area (Å²) in [5.74, 6) is 0.295. The molecule has 3 heterocycles. The number of aromatic nitrogens is 4. The maximum Gasteiger partial charge on any atom is 0.433 e. The number of ether oxygens (including phenoxy) is 1. The zero-order chi connectivity index (χ0) is 16.8. The van der Waals surface area contributed by atoms with Crippen LogP contribution in [0.4, 0.5) is 19.0 Å². The number of nitrogens with zero attached hydrogens (tertiary/aromatic N) is 5. The first-order valence-electron chi connectivity index (χ1n) is 7.28. The van der Waals surface area contributed by atoms with Crippen LogP contribution in [-0.2, 0) is 10.9 Å². The van der Waals surface area contributed by atoms with Crippen molar-refractivity contribution >= 4 is 11.6 Å². The molecule has 9 heteroatoms. The Labute approximate surface area is 131 Å². The largest absolute Gasteiger partial charge is 0.433 e. The summed E-state index contributed by atoms with van der Waals surface area (Å²) in [6.07, 6.45) is -2.53. The molecule has 0 amide bonds. The first-order valence-corrected chi connectivity index (χ1v) is 7.28. The summed E-state index contributed by atoms with van der Waals surface area (Å²) >= 11 is 0. The van der Waals surface area contributed by atoms with Gasteiger partial charge in [0.25, 0.3) is 5.78 Å². The average molecular weight is 329 g/mol. The highest BCUT2D eigenvalue weighted by Crippen LogP contribution is 2.35. The topological polar surface area (TPSA) is 55.5 Å². The number of methoxy groups -OCH3 is 1. The lowest BCUT2D eigenvalue weighted by atomic mass is 9.81. The van der Waals surface area contributed by atoms with Crippen LogP contribution in [0.15, 0.2) is 12.4 Å². The second-order valence-corrected chi connectivity index (χ2v) is 6.39. The quantitative estimate of drug-likeness (QED) is 0.847. The van der Waals surface area contributed by atoms with Gasteiger partial charge in [0.1, 0.15) is 12.1 Å². The Morgan fingerprint density at radius 3 is 2.70 bits per heavy atom. The van der Waals surface area contributed by atoms with Crippen molar-refractivity contribution in [3.8, 4) is 0 Å². The van der Waals surface area contributed by atoms with E-state index in [1.807, 2.05) is 18.7 Å². The molecule has 0 saturated carbocycles. The highest BCUT2D eigenvalue weighted by Gasteiger charge is 2.39. The molecule has 1 atom stereocenters. The number of rotatable bonds is 2. The molecule has 1 unspecified atom stereocenters. The Morgan fingerprint density at radius 2 is 2.09 bits per heavy atom. The van der Waals surface area contributed by atoms with Crippen LogP contribution in [0.3, 0.4) is 0 Å². The molecule has 0 radical (unpaired) electrons. The predicted octanol–water partition coefficient (Wildman–Crippen LogP) is 2.39. The number of halogens is 3. The first kappa shape index (κ1) is 16.0. The van der Waals surface area contributed by atoms with Crippen molar-refractivity contribution in [1.82, 2.24) is 19.6 Å². The molecule has 1 saturated heterocycles. The van der Waals surface area contributed by atoms with Crippen LogP contribution in [0.2, 0.25) is 0 Å². The summed E-state index contributed by atoms with van der Waals surface area (Å²) in [4.78, 5) is 9.23. The lowest BCUT2D eigenvalue weighted by Gasteiger charge is -2.44. The number of hydrogen-bond acceptors (Lipinski definition) is 5. The van der Waals surface area contributed by atoms with Crippen molar-refractivity contribution in [2.24, 2.45) is 5.41 Å². The van der Waals surface area contributed by atoms with Gasteiger partial charge < -0.3 is 9.64 Å². The molecule has 0 bridgehead atoms. The Morgan fingerprint density at radius 1 is 1.35 bits per heavy atom. The molecule has 1 aliphatic rings. The molecule has 0 N–H and O–H groups in total. The van der Waals surface area contributed by atoms with Gasteiger partial charge in [0.15, 0.2) is 5.69 Å². The van der Waals surface area contributed by atoms with Crippen LogP contribution in [0, 0.1) is 5.41 Å². The zero-order valence-corrected chi connectivity index (χ0v) is 13.1. The van der Waals surface area contributed by atoms with E-state index in [2.05, 4.69) is 15.1 Å². The van der Waals surface area contributed by atoms with E-state index in [0.29, 0.717) is 18.9 Å². The highest BCUT2D eigenvalue weighted by atomic mass is 19.4. The monoisotopic (exact) mass is 329 g/mol. The van der Waals surface area contributed by atoms with Gasteiger partial charge in [-0.05, 0) is 6.42 Å². The van der Waals surface area contributed by atoms with Gasteiger partial charge in [-0.1, -0.05) is 13.8 Å². The number of alkyl halides is 3. The third kappa shape index (κ3) is 2.85. The second-order valence-electron chi connectivity index (χ2n) is 6.39. The highest BCUT2D eigenvalue weighted by molar-refractivity contribution is 5.48. The minimum absolute atomic E-state index is 0.0542. The zero-order valence-electron chi connectivity index (χ0n) is 13.1. The van der Waals surface area contributed by atoms with Crippen LogP contribution >= 0.6 is 0 Å². The van der Waals surface area contributed by atoms with Crippen molar-refractivity contribution < 1.29 is 17.9 Å². The van der Waals surface area contributed by atoms with Crippen molar-refractivity contribution in [1.29, 1.82) is 0 Å². The van der Waals surface area contributed by atoms with Gasteiger partial charge >= 0.3 is 6.18 Å². The molecule has 0 aromatic carbocycles. The first-order chi connectivity index (χ1) is 10.7. The fraction of sp³-hybridized carbons (Fsp3) is 0.643. The number of fused-ring (bicyclic) bond motifs is 1. The Bertz CT molecular complexity index is 712. The smallest absolute Gasteiger partial charge is 0.381 e. The molecule has 1 fully saturated rings. The minimum Gasteiger partial charge on any atom is -0.381 e. The van der Waals surface area contributed by atoms with E-state index in [4.69, 9.17) is 4.74 Å². The van der Waals surface area contributed by atoms with Gasteiger partial charge in [0, 0.05) is 31.7 Å². The fourth-order valence-corrected chi connectivity index (χ4v) is 3.14. The molecular formula is C14H18F3N5O. The van der Waals surface area contributed by atoms with Crippen LogP contribution in [0.5, 0.6) is 0 Å². The SMILES string of the molecule is COC1CCN(c2cc(C(F)(F)F)nc3ncnn23)CC1(C)C. The molecule has 2 aromatic rings. The minimum atomic E-state index is -4.52. The van der Waals surface area contributed by atoms with E-state index in [-0.39, 0.29) is 17.3 Å². The van der Waals surface area contributed by atoms with Gasteiger partial charge in [-0.15, -0.1) is 0 Å².